The minimum Gasteiger partial charge on any atom is -1.00 e. The van der Waals surface area contributed by atoms with Crippen LogP contribution in [0.1, 0.15) is 7.85 Å². The average Bonchev–Trinajstić information content (AvgIpc) is 1.41. The maximum Gasteiger partial charge on any atom is 1.00 e. The number of rotatable bonds is 2. The Morgan fingerprint density at radius 1 is 1.67 bits per heavy atom. The summed E-state index contributed by atoms with van der Waals surface area (Å²) in [7, 11) is 0. The van der Waals surface area contributed by atoms with E-state index in [-0.39, 0.29) is 59.4 Å². The molecule has 0 spiro atoms. The van der Waals surface area contributed by atoms with Gasteiger partial charge in [-0.3, -0.25) is 0 Å². The molecule has 0 aromatic heterocycles. The summed E-state index contributed by atoms with van der Waals surface area (Å²) in [6.07, 6.45) is 0.722. The maximum absolute atomic E-state index is 7.99. The number of aliphatic hydroxyl groups is 1. The predicted octanol–water partition coefficient (Wildman–Crippen LogP) is -3.56. The molecule has 3 heteroatoms. The molecular weight excluding hydrogens is 105 g/mol. The second kappa shape index (κ2) is 9.75. The Morgan fingerprint density at radius 3 is 2.17 bits per heavy atom. The molecule has 0 atom stereocenters. The van der Waals surface area contributed by atoms with Crippen LogP contribution in [0.5, 0.6) is 0 Å². The molecule has 34 valence electrons. The van der Waals surface area contributed by atoms with Crippen LogP contribution in [0.25, 0.3) is 0 Å². The first-order valence-corrected chi connectivity index (χ1v) is 1.72. The number of aliphatic hydroxyl groups excluding tert-OH is 1. The van der Waals surface area contributed by atoms with Gasteiger partial charge in [-0.05, 0) is 13.0 Å². The monoisotopic (exact) mass is 115 g/mol. The van der Waals surface area contributed by atoms with Crippen LogP contribution in [0.15, 0.2) is 0 Å². The maximum atomic E-state index is 7.99. The van der Waals surface area contributed by atoms with Gasteiger partial charge < -0.3 is 12.3 Å². The molecule has 2 nitrogen and oxygen atoms in total. The Labute approximate surface area is 82.0 Å². The Morgan fingerprint density at radius 2 is 2.17 bits per heavy atom. The van der Waals surface area contributed by atoms with Crippen molar-refractivity contribution in [3.63, 3.8) is 0 Å². The zero-order valence-corrected chi connectivity index (χ0v) is 7.27. The Hall–Kier alpha value is 1.56. The number of hydrogen-bond donors (Lipinski definition) is 2. The van der Waals surface area contributed by atoms with Crippen LogP contribution in [0.3, 0.4) is 0 Å². The number of nitrogens with two attached hydrogens (primary N) is 1. The molecule has 0 aliphatic heterocycles. The second-order valence-electron chi connectivity index (χ2n) is 0.866. The molecule has 0 aliphatic rings. The molecule has 0 bridgehead atoms. The molecule has 0 unspecified atom stereocenters. The van der Waals surface area contributed by atoms with Gasteiger partial charge in [0.05, 0.1) is 0 Å². The van der Waals surface area contributed by atoms with Crippen molar-refractivity contribution in [2.75, 3.05) is 13.2 Å². The van der Waals surface area contributed by atoms with E-state index < -0.39 is 0 Å². The van der Waals surface area contributed by atoms with Crippen LogP contribution in [-0.2, 0) is 0 Å². The van der Waals surface area contributed by atoms with E-state index in [1.54, 1.807) is 0 Å². The average molecular weight is 115 g/mol. The summed E-state index contributed by atoms with van der Waals surface area (Å²) in [4.78, 5) is 0. The van der Waals surface area contributed by atoms with E-state index in [1.807, 2.05) is 0 Å². The summed E-state index contributed by atoms with van der Waals surface area (Å²) in [5.41, 5.74) is 4.98. The van der Waals surface area contributed by atoms with Crippen molar-refractivity contribution in [2.45, 2.75) is 6.42 Å². The Balaban J connectivity index is -0.0000000800. The molecule has 0 rings (SSSR count). The van der Waals surface area contributed by atoms with Crippen LogP contribution in [0.4, 0.5) is 0 Å². The SMILES string of the molecule is NCCCO.[H-].[K+]. The van der Waals surface area contributed by atoms with Gasteiger partial charge in [-0.15, -0.1) is 0 Å². The molecule has 0 aromatic carbocycles. The third-order valence-electron chi connectivity index (χ3n) is 0.362. The van der Waals surface area contributed by atoms with Crippen LogP contribution < -0.4 is 57.1 Å². The third-order valence-corrected chi connectivity index (χ3v) is 0.362. The van der Waals surface area contributed by atoms with Crippen LogP contribution in [0.2, 0.25) is 0 Å². The van der Waals surface area contributed by atoms with Crippen molar-refractivity contribution in [1.29, 1.82) is 0 Å². The first-order chi connectivity index (χ1) is 2.41. The first kappa shape index (κ1) is 10.5. The van der Waals surface area contributed by atoms with Gasteiger partial charge in [0.2, 0.25) is 0 Å². The van der Waals surface area contributed by atoms with Gasteiger partial charge >= 0.3 is 51.4 Å². The minimum absolute atomic E-state index is 0. The fraction of sp³-hybridized carbons (Fsp3) is 1.00. The van der Waals surface area contributed by atoms with Gasteiger partial charge in [0.25, 0.3) is 0 Å². The minimum atomic E-state index is 0. The Bertz CT molecular complexity index is 22.4. The second-order valence-corrected chi connectivity index (χ2v) is 0.866. The molecule has 0 radical (unpaired) electrons. The largest absolute Gasteiger partial charge is 1.00 e. The summed E-state index contributed by atoms with van der Waals surface area (Å²) in [6, 6.07) is 0. The van der Waals surface area contributed by atoms with Crippen molar-refractivity contribution in [2.24, 2.45) is 5.73 Å². The fourth-order valence-electron chi connectivity index (χ4n) is 0.0913. The van der Waals surface area contributed by atoms with Gasteiger partial charge in [0.1, 0.15) is 0 Å². The molecule has 0 aliphatic carbocycles. The molecule has 0 amide bonds. The van der Waals surface area contributed by atoms with E-state index >= 15 is 0 Å². The van der Waals surface area contributed by atoms with Crippen LogP contribution in [0, 0.1) is 0 Å². The first-order valence-electron chi connectivity index (χ1n) is 1.72. The van der Waals surface area contributed by atoms with E-state index in [2.05, 4.69) is 0 Å². The van der Waals surface area contributed by atoms with Gasteiger partial charge in [-0.1, -0.05) is 0 Å². The zero-order valence-electron chi connectivity index (χ0n) is 5.15. The topological polar surface area (TPSA) is 46.2 Å². The smallest absolute Gasteiger partial charge is 1.00 e. The normalized spacial score (nSPS) is 7.00. The molecule has 0 aromatic rings. The summed E-state index contributed by atoms with van der Waals surface area (Å²) < 4.78 is 0. The fourth-order valence-corrected chi connectivity index (χ4v) is 0.0913. The molecule has 6 heavy (non-hydrogen) atoms. The Kier molecular flexibility index (Phi) is 17.1. The molecule has 0 saturated heterocycles. The standard InChI is InChI=1S/C3H9NO.K.H/c4-2-1-3-5;;/h5H,1-4H2;;/q;+1;-1. The van der Waals surface area contributed by atoms with Crippen LogP contribution in [-0.4, -0.2) is 18.3 Å². The third kappa shape index (κ3) is 9.12. The molecular formula is C3H10KNO. The van der Waals surface area contributed by atoms with Gasteiger partial charge in [-0.2, -0.15) is 0 Å². The van der Waals surface area contributed by atoms with Crippen molar-refractivity contribution >= 4 is 0 Å². The van der Waals surface area contributed by atoms with Gasteiger partial charge in [-0.25, -0.2) is 0 Å². The molecule has 0 heterocycles. The van der Waals surface area contributed by atoms with Crippen molar-refractivity contribution in [1.82, 2.24) is 0 Å². The van der Waals surface area contributed by atoms with Crippen molar-refractivity contribution in [3.8, 4) is 0 Å². The summed E-state index contributed by atoms with van der Waals surface area (Å²) in [5.74, 6) is 0. The van der Waals surface area contributed by atoms with Gasteiger partial charge in [0.15, 0.2) is 0 Å². The molecule has 0 saturated carbocycles. The van der Waals surface area contributed by atoms with Gasteiger partial charge in [0, 0.05) is 6.61 Å². The van der Waals surface area contributed by atoms with Crippen molar-refractivity contribution < 1.29 is 57.9 Å². The van der Waals surface area contributed by atoms with E-state index in [0.717, 1.165) is 6.42 Å². The van der Waals surface area contributed by atoms with Crippen molar-refractivity contribution in [3.05, 3.63) is 0 Å². The summed E-state index contributed by atoms with van der Waals surface area (Å²) in [5, 5.41) is 7.99. The summed E-state index contributed by atoms with van der Waals surface area (Å²) >= 11 is 0. The van der Waals surface area contributed by atoms with E-state index in [1.165, 1.54) is 0 Å². The van der Waals surface area contributed by atoms with E-state index in [9.17, 15) is 0 Å². The number of hydrogen-bond acceptors (Lipinski definition) is 2. The predicted molar refractivity (Wildman–Crippen MR) is 21.9 cm³/mol. The quantitative estimate of drug-likeness (QED) is 0.366. The molecule has 3 N–H and O–H groups in total. The van der Waals surface area contributed by atoms with E-state index in [0.29, 0.717) is 6.54 Å². The zero-order chi connectivity index (χ0) is 4.12. The summed E-state index contributed by atoms with van der Waals surface area (Å²) in [6.45, 7) is 0.812. The van der Waals surface area contributed by atoms with E-state index in [4.69, 9.17) is 10.8 Å². The van der Waals surface area contributed by atoms with Crippen LogP contribution >= 0.6 is 0 Å². The molecule has 0 fully saturated rings.